The molecule has 2 aliphatic carbocycles. The lowest BCUT2D eigenvalue weighted by Gasteiger charge is -2.47. The van der Waals surface area contributed by atoms with Crippen LogP contribution in [0.4, 0.5) is 14.6 Å². The molecule has 6 aromatic rings. The minimum Gasteiger partial charge on any atom is -0.508 e. The van der Waals surface area contributed by atoms with E-state index in [4.69, 9.17) is 14.8 Å². The van der Waals surface area contributed by atoms with Crippen LogP contribution in [-0.2, 0) is 27.9 Å². The molecule has 0 spiro atoms. The number of carbonyl (C=O) groups is 3. The molecule has 7 heterocycles. The molecule has 12 rings (SSSR count). The fraction of sp³-hybridized carbons (Fsp3) is 0.526. The highest BCUT2D eigenvalue weighted by atomic mass is 19.1. The number of aryl methyl sites for hydroxylation is 2. The molecular weight excluding hydrogens is 959 g/mol. The Morgan fingerprint density at radius 3 is 2.45 bits per heavy atom. The molecule has 3 aromatic carbocycles. The van der Waals surface area contributed by atoms with E-state index in [2.05, 4.69) is 48.2 Å². The van der Waals surface area contributed by atoms with Crippen molar-refractivity contribution in [3.05, 3.63) is 77.1 Å². The molecule has 3 amide bonds. The van der Waals surface area contributed by atoms with Gasteiger partial charge in [-0.15, -0.1) is 0 Å². The van der Waals surface area contributed by atoms with Crippen LogP contribution in [0.3, 0.4) is 0 Å². The highest BCUT2D eigenvalue weighted by Crippen LogP contribution is 2.48. The molecule has 1 unspecified atom stereocenters. The average molecular weight is 1030 g/mol. The minimum absolute atomic E-state index is 0.00223. The first-order chi connectivity index (χ1) is 36.1. The number of anilines is 1. The second kappa shape index (κ2) is 19.3. The molecule has 75 heavy (non-hydrogen) atoms. The smallest absolute Gasteiger partial charge is 0.319 e. The zero-order valence-corrected chi connectivity index (χ0v) is 43.1. The normalized spacial score (nSPS) is 24.7. The highest BCUT2D eigenvalue weighted by Gasteiger charge is 2.47. The Labute approximate surface area is 434 Å². The molecule has 0 radical (unpaired) electrons. The van der Waals surface area contributed by atoms with Crippen molar-refractivity contribution in [2.45, 2.75) is 108 Å². The van der Waals surface area contributed by atoms with Crippen LogP contribution in [0, 0.1) is 23.0 Å². The van der Waals surface area contributed by atoms with E-state index in [0.29, 0.717) is 84.8 Å². The number of imide groups is 1. The van der Waals surface area contributed by atoms with Gasteiger partial charge in [0, 0.05) is 107 Å². The average Bonchev–Trinajstić information content (AvgIpc) is 4.08. The lowest BCUT2D eigenvalue weighted by Crippen LogP contribution is -2.57. The van der Waals surface area contributed by atoms with E-state index >= 15 is 8.78 Å². The van der Waals surface area contributed by atoms with Gasteiger partial charge in [-0.2, -0.15) is 15.1 Å². The number of aliphatic hydroxyl groups is 1. The molecule has 6 fully saturated rings. The summed E-state index contributed by atoms with van der Waals surface area (Å²) < 4.78 is 40.6. The lowest BCUT2D eigenvalue weighted by molar-refractivity contribution is -0.142. The Kier molecular flexibility index (Phi) is 12.8. The van der Waals surface area contributed by atoms with E-state index in [1.54, 1.807) is 13.0 Å². The van der Waals surface area contributed by atoms with Crippen LogP contribution < -0.4 is 15.0 Å². The molecular formula is C57H66F2N10O6. The van der Waals surface area contributed by atoms with Crippen molar-refractivity contribution in [2.24, 2.45) is 18.4 Å². The number of phenolic OH excluding ortho intramolecular Hbond substituents is 1. The summed E-state index contributed by atoms with van der Waals surface area (Å²) in [4.78, 5) is 61.4. The van der Waals surface area contributed by atoms with Crippen LogP contribution in [0.5, 0.6) is 11.8 Å². The molecule has 2 atom stereocenters. The van der Waals surface area contributed by atoms with Crippen LogP contribution in [0.25, 0.3) is 43.8 Å². The van der Waals surface area contributed by atoms with Gasteiger partial charge < -0.3 is 29.6 Å². The van der Waals surface area contributed by atoms with Gasteiger partial charge in [-0.3, -0.25) is 34.3 Å². The summed E-state index contributed by atoms with van der Waals surface area (Å²) in [6.45, 7) is 11.0. The van der Waals surface area contributed by atoms with Gasteiger partial charge >= 0.3 is 6.01 Å². The van der Waals surface area contributed by atoms with Gasteiger partial charge in [-0.05, 0) is 123 Å². The summed E-state index contributed by atoms with van der Waals surface area (Å²) in [5.74, 6) is -1.08. The van der Waals surface area contributed by atoms with Gasteiger partial charge in [0.15, 0.2) is 5.82 Å². The maximum absolute atomic E-state index is 17.2. The van der Waals surface area contributed by atoms with Crippen molar-refractivity contribution in [1.29, 1.82) is 0 Å². The second-order valence-corrected chi connectivity index (χ2v) is 22.8. The van der Waals surface area contributed by atoms with Gasteiger partial charge in [-0.25, -0.2) is 8.78 Å². The third kappa shape index (κ3) is 9.44. The van der Waals surface area contributed by atoms with Crippen LogP contribution in [0.2, 0.25) is 0 Å². The molecule has 6 aliphatic rings. The number of hydrogen-bond acceptors (Lipinski definition) is 13. The standard InChI is InChI=1S/C57H66F2N10O6/c1-4-39-44(58)10-7-35-26-38(70)28-42(47(35)39)50-48(59)51-43(29-60-50)52(69-17-5-14-56(2,74)30-69)63-55(62-51)75-32-57(15-16-57)31-66-20-22-67(23-21-66)37-24-36(25-37)54(73)68-18-12-33(13-19-68)34-6-8-40-45(27-34)65(3)64-49(40)41-9-11-46(71)61-53(41)72/h6-8,10,26-29,33,36-37,41,70,74H,4-5,9,11-25,30-32H2,1-3H3,(H,61,71,72)/t36?,37?,41?,56-/m1/s1. The van der Waals surface area contributed by atoms with Crippen LogP contribution >= 0.6 is 0 Å². The second-order valence-electron chi connectivity index (χ2n) is 22.8. The molecule has 0 bridgehead atoms. The highest BCUT2D eigenvalue weighted by molar-refractivity contribution is 6.03. The van der Waals surface area contributed by atoms with Gasteiger partial charge in [0.2, 0.25) is 17.7 Å². The molecule has 3 N–H and O–H groups in total. The van der Waals surface area contributed by atoms with Crippen molar-refractivity contribution in [3.8, 4) is 23.0 Å². The maximum Gasteiger partial charge on any atom is 0.319 e. The summed E-state index contributed by atoms with van der Waals surface area (Å²) in [7, 11) is 1.90. The van der Waals surface area contributed by atoms with Gasteiger partial charge in [0.1, 0.15) is 28.6 Å². The Morgan fingerprint density at radius 1 is 0.933 bits per heavy atom. The SMILES string of the molecule is CCc1c(F)ccc2cc(O)cc(-c3ncc4c(N5CCC[C@@](C)(O)C5)nc(OCC5(CN6CCN(C7CC(C(=O)N8CCC(c9ccc%10c(C%11CCC(=O)NC%11=O)nn(C)c%10c9)CC8)C7)CC6)CC5)nc4c3F)c12. The lowest BCUT2D eigenvalue weighted by atomic mass is 9.77. The van der Waals surface area contributed by atoms with Crippen molar-refractivity contribution in [1.82, 2.24) is 44.7 Å². The summed E-state index contributed by atoms with van der Waals surface area (Å²) >= 11 is 0. The van der Waals surface area contributed by atoms with Crippen LogP contribution in [-0.4, -0.2) is 145 Å². The van der Waals surface area contributed by atoms with E-state index in [1.165, 1.54) is 30.0 Å². The number of nitrogens with one attached hydrogen (secondary N) is 1. The van der Waals surface area contributed by atoms with Crippen LogP contribution in [0.1, 0.15) is 107 Å². The van der Waals surface area contributed by atoms with E-state index in [1.807, 2.05) is 23.6 Å². The van der Waals surface area contributed by atoms with E-state index in [9.17, 15) is 24.6 Å². The number of likely N-dealkylation sites (tertiary alicyclic amines) is 1. The van der Waals surface area contributed by atoms with Gasteiger partial charge in [-0.1, -0.05) is 25.1 Å². The zero-order chi connectivity index (χ0) is 51.9. The summed E-state index contributed by atoms with van der Waals surface area (Å²) in [5.41, 5.74) is 2.46. The Balaban J connectivity index is 0.659. The number of phenols is 1. The molecule has 4 aliphatic heterocycles. The first kappa shape index (κ1) is 49.5. The van der Waals surface area contributed by atoms with Gasteiger partial charge in [0.25, 0.3) is 0 Å². The monoisotopic (exact) mass is 1020 g/mol. The summed E-state index contributed by atoms with van der Waals surface area (Å²) in [5, 5.41) is 31.4. The minimum atomic E-state index is -0.974. The fourth-order valence-electron chi connectivity index (χ4n) is 13.0. The first-order valence-electron chi connectivity index (χ1n) is 27.1. The van der Waals surface area contributed by atoms with E-state index in [0.717, 1.165) is 101 Å². The third-order valence-corrected chi connectivity index (χ3v) is 17.5. The number of amides is 3. The number of nitrogens with zero attached hydrogens (tertiary/aromatic N) is 9. The number of aromatic nitrogens is 5. The first-order valence-corrected chi connectivity index (χ1v) is 27.1. The topological polar surface area (TPSA) is 182 Å². The number of aromatic hydroxyl groups is 1. The predicted molar refractivity (Wildman–Crippen MR) is 279 cm³/mol. The molecule has 394 valence electrons. The number of fused-ring (bicyclic) bond motifs is 3. The van der Waals surface area contributed by atoms with E-state index < -0.39 is 23.2 Å². The summed E-state index contributed by atoms with van der Waals surface area (Å²) in [6, 6.07) is 12.7. The number of piperazine rings is 1. The number of halogens is 2. The molecule has 4 saturated heterocycles. The number of β-amino-alcohol motifs (C(OH)–C–C–N with tert-alkyl or cyclic N) is 1. The summed E-state index contributed by atoms with van der Waals surface area (Å²) in [6.07, 6.45) is 9.57. The molecule has 18 heteroatoms. The van der Waals surface area contributed by atoms with Crippen molar-refractivity contribution in [2.75, 3.05) is 70.4 Å². The molecule has 16 nitrogen and oxygen atoms in total. The quantitative estimate of drug-likeness (QED) is 0.106. The number of ether oxygens (including phenoxy) is 1. The Bertz CT molecular complexity index is 3250. The number of pyridine rings is 1. The van der Waals surface area contributed by atoms with Crippen molar-refractivity contribution in [3.63, 3.8) is 0 Å². The Morgan fingerprint density at radius 2 is 1.72 bits per heavy atom. The number of rotatable bonds is 12. The number of hydrogen-bond donors (Lipinski definition) is 3. The largest absolute Gasteiger partial charge is 0.508 e. The third-order valence-electron chi connectivity index (χ3n) is 17.5. The molecule has 2 saturated carbocycles. The van der Waals surface area contributed by atoms with E-state index in [-0.39, 0.29) is 64.1 Å². The Hall–Kier alpha value is -6.37. The maximum atomic E-state index is 17.2. The van der Waals surface area contributed by atoms with Crippen LogP contribution in [0.15, 0.2) is 48.7 Å². The number of piperidine rings is 3. The number of carbonyl (C=O) groups excluding carboxylic acids is 3. The van der Waals surface area contributed by atoms with Crippen molar-refractivity contribution >= 4 is 56.1 Å². The van der Waals surface area contributed by atoms with Crippen molar-refractivity contribution < 1.29 is 38.1 Å². The fourth-order valence-corrected chi connectivity index (χ4v) is 13.0. The predicted octanol–water partition coefficient (Wildman–Crippen LogP) is 7.11. The zero-order valence-electron chi connectivity index (χ0n) is 43.1. The van der Waals surface area contributed by atoms with Gasteiger partial charge in [0.05, 0.1) is 34.7 Å². The molecule has 3 aromatic heterocycles. The number of benzene rings is 3.